The highest BCUT2D eigenvalue weighted by Gasteiger charge is 2.23. The quantitative estimate of drug-likeness (QED) is 0.657. The second-order valence-corrected chi connectivity index (χ2v) is 3.13. The Labute approximate surface area is 76.0 Å². The molecule has 1 aromatic rings. The Morgan fingerprint density at radius 3 is 2.92 bits per heavy atom. The summed E-state index contributed by atoms with van der Waals surface area (Å²) in [4.78, 5) is 11.5. The lowest BCUT2D eigenvalue weighted by molar-refractivity contribution is 0.0929. The van der Waals surface area contributed by atoms with Crippen LogP contribution >= 0.6 is 0 Å². The fourth-order valence-corrected chi connectivity index (χ4v) is 1.53. The van der Waals surface area contributed by atoms with Crippen molar-refractivity contribution in [2.45, 2.75) is 13.3 Å². The molecule has 0 amide bonds. The predicted molar refractivity (Wildman–Crippen MR) is 47.3 cm³/mol. The number of Topliss-reactive ketones (excluding diaryl/α,β-unsaturated/α-hetero) is 1. The normalized spacial score (nSPS) is 15.0. The molecule has 2 rings (SSSR count). The van der Waals surface area contributed by atoms with E-state index in [4.69, 9.17) is 4.74 Å². The van der Waals surface area contributed by atoms with Crippen LogP contribution in [0.4, 0.5) is 0 Å². The van der Waals surface area contributed by atoms with Gasteiger partial charge in [0.05, 0.1) is 12.2 Å². The van der Waals surface area contributed by atoms with E-state index in [1.54, 1.807) is 12.1 Å². The topological polar surface area (TPSA) is 46.5 Å². The van der Waals surface area contributed by atoms with Crippen molar-refractivity contribution in [1.29, 1.82) is 0 Å². The second kappa shape index (κ2) is 2.76. The van der Waals surface area contributed by atoms with Crippen molar-refractivity contribution < 1.29 is 14.6 Å². The fraction of sp³-hybridized carbons (Fsp3) is 0.300. The fourth-order valence-electron chi connectivity index (χ4n) is 1.53. The first-order valence-electron chi connectivity index (χ1n) is 4.18. The second-order valence-electron chi connectivity index (χ2n) is 3.13. The summed E-state index contributed by atoms with van der Waals surface area (Å²) in [5.74, 6) is 0.444. The average Bonchev–Trinajstić information content (AvgIpc) is 2.12. The Morgan fingerprint density at radius 1 is 1.46 bits per heavy atom. The molecule has 3 heteroatoms. The Hall–Kier alpha value is -1.51. The number of rotatable bonds is 0. The summed E-state index contributed by atoms with van der Waals surface area (Å²) in [5, 5.41) is 9.42. The molecule has 1 N–H and O–H groups in total. The van der Waals surface area contributed by atoms with Crippen LogP contribution in [-0.4, -0.2) is 17.5 Å². The molecule has 13 heavy (non-hydrogen) atoms. The largest absolute Gasteiger partial charge is 0.504 e. The molecule has 0 aromatic heterocycles. The van der Waals surface area contributed by atoms with Crippen LogP contribution in [0.15, 0.2) is 12.1 Å². The van der Waals surface area contributed by atoms with Crippen LogP contribution < -0.4 is 4.74 Å². The molecule has 0 spiro atoms. The van der Waals surface area contributed by atoms with Gasteiger partial charge >= 0.3 is 0 Å². The van der Waals surface area contributed by atoms with E-state index in [2.05, 4.69) is 0 Å². The highest BCUT2D eigenvalue weighted by molar-refractivity contribution is 6.01. The molecule has 0 radical (unpaired) electrons. The summed E-state index contributed by atoms with van der Waals surface area (Å²) in [7, 11) is 0. The van der Waals surface area contributed by atoms with Gasteiger partial charge in [0.2, 0.25) is 0 Å². The number of ketones is 1. The van der Waals surface area contributed by atoms with Gasteiger partial charge in [-0.1, -0.05) is 6.07 Å². The first-order valence-corrected chi connectivity index (χ1v) is 4.18. The van der Waals surface area contributed by atoms with Crippen molar-refractivity contribution >= 4 is 5.78 Å². The number of aryl methyl sites for hydroxylation is 1. The molecule has 0 unspecified atom stereocenters. The average molecular weight is 178 g/mol. The minimum atomic E-state index is 0.0497. The number of benzene rings is 1. The molecule has 1 aliphatic heterocycles. The molecule has 1 heterocycles. The van der Waals surface area contributed by atoms with Gasteiger partial charge in [-0.2, -0.15) is 0 Å². The van der Waals surface area contributed by atoms with E-state index in [-0.39, 0.29) is 11.5 Å². The van der Waals surface area contributed by atoms with Crippen LogP contribution in [0.2, 0.25) is 0 Å². The first-order chi connectivity index (χ1) is 6.20. The van der Waals surface area contributed by atoms with Gasteiger partial charge in [-0.05, 0) is 18.6 Å². The third kappa shape index (κ3) is 1.16. The van der Waals surface area contributed by atoms with Crippen molar-refractivity contribution in [3.8, 4) is 11.5 Å². The molecule has 0 aliphatic carbocycles. The van der Waals surface area contributed by atoms with Crippen molar-refractivity contribution in [3.63, 3.8) is 0 Å². The summed E-state index contributed by atoms with van der Waals surface area (Å²) in [6, 6.07) is 3.27. The summed E-state index contributed by atoms with van der Waals surface area (Å²) in [6.45, 7) is 2.20. The van der Waals surface area contributed by atoms with Crippen LogP contribution in [0, 0.1) is 6.92 Å². The van der Waals surface area contributed by atoms with Gasteiger partial charge in [-0.3, -0.25) is 4.79 Å². The Bertz CT molecular complexity index is 369. The molecular formula is C10H10O3. The van der Waals surface area contributed by atoms with Crippen LogP contribution in [0.3, 0.4) is 0 Å². The minimum absolute atomic E-state index is 0.0497. The van der Waals surface area contributed by atoms with E-state index in [1.807, 2.05) is 6.92 Å². The molecule has 3 nitrogen and oxygen atoms in total. The number of ether oxygens (including phenoxy) is 1. The maximum Gasteiger partial charge on any atom is 0.171 e. The van der Waals surface area contributed by atoms with Crippen molar-refractivity contribution in [2.24, 2.45) is 0 Å². The number of phenolic OH excluding ortho intramolecular Hbond substituents is 1. The predicted octanol–water partition coefficient (Wildman–Crippen LogP) is 1.67. The lowest BCUT2D eigenvalue weighted by atomic mass is 9.99. The van der Waals surface area contributed by atoms with E-state index >= 15 is 0 Å². The van der Waals surface area contributed by atoms with Crippen molar-refractivity contribution in [3.05, 3.63) is 23.3 Å². The summed E-state index contributed by atoms with van der Waals surface area (Å²) >= 11 is 0. The van der Waals surface area contributed by atoms with Crippen LogP contribution in [0.5, 0.6) is 11.5 Å². The molecule has 1 aromatic carbocycles. The molecule has 0 saturated carbocycles. The zero-order valence-electron chi connectivity index (χ0n) is 7.33. The van der Waals surface area contributed by atoms with E-state index in [0.29, 0.717) is 24.3 Å². The van der Waals surface area contributed by atoms with E-state index in [1.165, 1.54) is 0 Å². The molecule has 0 bridgehead atoms. The van der Waals surface area contributed by atoms with E-state index in [0.717, 1.165) is 5.56 Å². The summed E-state index contributed by atoms with van der Waals surface area (Å²) in [5.41, 5.74) is 1.39. The minimum Gasteiger partial charge on any atom is -0.504 e. The number of aromatic hydroxyl groups is 1. The smallest absolute Gasteiger partial charge is 0.171 e. The van der Waals surface area contributed by atoms with E-state index < -0.39 is 0 Å². The van der Waals surface area contributed by atoms with Crippen LogP contribution in [0.25, 0.3) is 0 Å². The molecule has 1 aliphatic rings. The van der Waals surface area contributed by atoms with E-state index in [9.17, 15) is 9.90 Å². The Kier molecular flexibility index (Phi) is 1.72. The first kappa shape index (κ1) is 8.10. The third-order valence-corrected chi connectivity index (χ3v) is 2.20. The Morgan fingerprint density at radius 2 is 2.23 bits per heavy atom. The molecule has 0 atom stereocenters. The van der Waals surface area contributed by atoms with Gasteiger partial charge in [0.1, 0.15) is 0 Å². The zero-order valence-corrected chi connectivity index (χ0v) is 7.33. The number of hydrogen-bond acceptors (Lipinski definition) is 3. The number of carbonyl (C=O) groups excluding carboxylic acids is 1. The van der Waals surface area contributed by atoms with Gasteiger partial charge in [0, 0.05) is 6.42 Å². The highest BCUT2D eigenvalue weighted by Crippen LogP contribution is 2.35. The van der Waals surface area contributed by atoms with Crippen molar-refractivity contribution in [1.82, 2.24) is 0 Å². The zero-order chi connectivity index (χ0) is 9.42. The monoisotopic (exact) mass is 178 g/mol. The standard InChI is InChI=1S/C10H10O3/c1-6-2-3-8(12)10-9(6)7(11)4-5-13-10/h2-3,12H,4-5H2,1H3. The maximum absolute atomic E-state index is 11.5. The number of carbonyl (C=O) groups is 1. The van der Waals surface area contributed by atoms with Crippen LogP contribution in [0.1, 0.15) is 22.3 Å². The van der Waals surface area contributed by atoms with Gasteiger partial charge in [-0.25, -0.2) is 0 Å². The van der Waals surface area contributed by atoms with Crippen molar-refractivity contribution in [2.75, 3.05) is 6.61 Å². The van der Waals surface area contributed by atoms with Gasteiger partial charge in [-0.15, -0.1) is 0 Å². The number of fused-ring (bicyclic) bond motifs is 1. The Balaban J connectivity index is 2.67. The van der Waals surface area contributed by atoms with Gasteiger partial charge in [0.25, 0.3) is 0 Å². The summed E-state index contributed by atoms with van der Waals surface area (Å²) in [6.07, 6.45) is 0.400. The third-order valence-electron chi connectivity index (χ3n) is 2.20. The SMILES string of the molecule is Cc1ccc(O)c2c1C(=O)CCO2. The molecule has 0 fully saturated rings. The van der Waals surface area contributed by atoms with Crippen LogP contribution in [-0.2, 0) is 0 Å². The molecular weight excluding hydrogens is 168 g/mol. The summed E-state index contributed by atoms with van der Waals surface area (Å²) < 4.78 is 5.23. The molecule has 0 saturated heterocycles. The molecule has 68 valence electrons. The number of phenols is 1. The number of hydrogen-bond donors (Lipinski definition) is 1. The van der Waals surface area contributed by atoms with Gasteiger partial charge in [0.15, 0.2) is 17.3 Å². The lowest BCUT2D eigenvalue weighted by Gasteiger charge is -2.18. The lowest BCUT2D eigenvalue weighted by Crippen LogP contribution is -2.16. The highest BCUT2D eigenvalue weighted by atomic mass is 16.5. The maximum atomic E-state index is 11.5. The van der Waals surface area contributed by atoms with Gasteiger partial charge < -0.3 is 9.84 Å².